The van der Waals surface area contributed by atoms with E-state index in [0.29, 0.717) is 0 Å². The molecular weight excluding hydrogens is 168 g/mol. The zero-order chi connectivity index (χ0) is 9.38. The third kappa shape index (κ3) is 1.22. The number of fused-ring (bicyclic) bond motifs is 2. The van der Waals surface area contributed by atoms with E-state index < -0.39 is 0 Å². The van der Waals surface area contributed by atoms with Gasteiger partial charge in [-0.1, -0.05) is 30.3 Å². The molecule has 0 N–H and O–H groups in total. The smallest absolute Gasteiger partial charge is 0.00614 e. The molecule has 1 aliphatic rings. The largest absolute Gasteiger partial charge is 0.0616 e. The number of hydrogen-bond acceptors (Lipinski definition) is 0. The van der Waals surface area contributed by atoms with E-state index in [1.165, 1.54) is 47.6 Å². The monoisotopic (exact) mass is 181 g/mol. The van der Waals surface area contributed by atoms with E-state index in [4.69, 9.17) is 0 Å². The summed E-state index contributed by atoms with van der Waals surface area (Å²) in [4.78, 5) is 0. The molecule has 0 saturated heterocycles. The summed E-state index contributed by atoms with van der Waals surface area (Å²) in [6, 6.07) is 14.4. The molecule has 0 spiro atoms. The second-order valence-electron chi connectivity index (χ2n) is 4.07. The van der Waals surface area contributed by atoms with Crippen LogP contribution in [0.1, 0.15) is 24.0 Å². The fourth-order valence-electron chi connectivity index (χ4n) is 2.32. The van der Waals surface area contributed by atoms with E-state index in [9.17, 15) is 0 Å². The SMILES string of the molecule is [c]1c2c(cc3ccccc13)CCCC2. The average Bonchev–Trinajstić information content (AvgIpc) is 2.26. The Labute approximate surface area is 84.6 Å². The van der Waals surface area contributed by atoms with Crippen LogP contribution in [-0.2, 0) is 12.8 Å². The van der Waals surface area contributed by atoms with Crippen molar-refractivity contribution in [3.8, 4) is 0 Å². The van der Waals surface area contributed by atoms with Crippen LogP contribution in [0.3, 0.4) is 0 Å². The molecule has 0 amide bonds. The molecule has 0 fully saturated rings. The summed E-state index contributed by atoms with van der Waals surface area (Å²) in [6.07, 6.45) is 5.15. The fourth-order valence-corrected chi connectivity index (χ4v) is 2.32. The number of aryl methyl sites for hydroxylation is 2. The molecule has 2 aromatic rings. The van der Waals surface area contributed by atoms with Gasteiger partial charge in [-0.25, -0.2) is 0 Å². The van der Waals surface area contributed by atoms with E-state index in [2.05, 4.69) is 36.4 Å². The van der Waals surface area contributed by atoms with Crippen LogP contribution in [0.4, 0.5) is 0 Å². The maximum atomic E-state index is 3.55. The molecule has 0 unspecified atom stereocenters. The molecule has 0 saturated carbocycles. The van der Waals surface area contributed by atoms with Gasteiger partial charge in [0.15, 0.2) is 0 Å². The molecule has 0 aromatic heterocycles. The van der Waals surface area contributed by atoms with Crippen LogP contribution in [0.5, 0.6) is 0 Å². The molecule has 2 aromatic carbocycles. The number of hydrogen-bond donors (Lipinski definition) is 0. The van der Waals surface area contributed by atoms with Gasteiger partial charge in [0, 0.05) is 0 Å². The molecule has 1 radical (unpaired) electrons. The molecule has 14 heavy (non-hydrogen) atoms. The fraction of sp³-hybridized carbons (Fsp3) is 0.286. The standard InChI is InChI=1S/C14H13/c1-2-6-12-10-14-8-4-3-7-13(14)9-11(12)5-1/h1-2,5-6,9H,3-4,7-8H2. The lowest BCUT2D eigenvalue weighted by atomic mass is 9.89. The molecule has 0 atom stereocenters. The topological polar surface area (TPSA) is 0 Å². The van der Waals surface area contributed by atoms with Gasteiger partial charge in [-0.15, -0.1) is 0 Å². The van der Waals surface area contributed by atoms with Gasteiger partial charge in [0.25, 0.3) is 0 Å². The Morgan fingerprint density at radius 1 is 1.00 bits per heavy atom. The van der Waals surface area contributed by atoms with Crippen molar-refractivity contribution >= 4 is 10.8 Å². The van der Waals surface area contributed by atoms with Crippen LogP contribution in [0.2, 0.25) is 0 Å². The van der Waals surface area contributed by atoms with E-state index in [0.717, 1.165) is 0 Å². The first-order valence-electron chi connectivity index (χ1n) is 5.36. The minimum Gasteiger partial charge on any atom is -0.0616 e. The van der Waals surface area contributed by atoms with Crippen molar-refractivity contribution in [3.05, 3.63) is 47.5 Å². The van der Waals surface area contributed by atoms with Crippen molar-refractivity contribution in [1.29, 1.82) is 0 Å². The van der Waals surface area contributed by atoms with Crippen molar-refractivity contribution in [3.63, 3.8) is 0 Å². The summed E-state index contributed by atoms with van der Waals surface area (Å²) in [7, 11) is 0. The van der Waals surface area contributed by atoms with Crippen molar-refractivity contribution in [2.75, 3.05) is 0 Å². The lowest BCUT2D eigenvalue weighted by Gasteiger charge is -2.15. The van der Waals surface area contributed by atoms with Crippen molar-refractivity contribution in [2.45, 2.75) is 25.7 Å². The molecule has 0 nitrogen and oxygen atoms in total. The quantitative estimate of drug-likeness (QED) is 0.583. The Kier molecular flexibility index (Phi) is 1.80. The maximum absolute atomic E-state index is 3.55. The highest BCUT2D eigenvalue weighted by Gasteiger charge is 2.09. The van der Waals surface area contributed by atoms with E-state index in [-0.39, 0.29) is 0 Å². The number of benzene rings is 2. The Morgan fingerprint density at radius 2 is 1.86 bits per heavy atom. The predicted octanol–water partition coefficient (Wildman–Crippen LogP) is 3.52. The maximum Gasteiger partial charge on any atom is -0.00614 e. The molecule has 1 aliphatic carbocycles. The Morgan fingerprint density at radius 3 is 2.86 bits per heavy atom. The lowest BCUT2D eigenvalue weighted by molar-refractivity contribution is 0.686. The van der Waals surface area contributed by atoms with E-state index in [1.54, 1.807) is 0 Å². The third-order valence-corrected chi connectivity index (χ3v) is 3.09. The highest BCUT2D eigenvalue weighted by molar-refractivity contribution is 5.83. The number of rotatable bonds is 0. The molecule has 3 rings (SSSR count). The molecular formula is C14H13. The first kappa shape index (κ1) is 8.05. The van der Waals surface area contributed by atoms with Crippen LogP contribution >= 0.6 is 0 Å². The molecule has 0 bridgehead atoms. The van der Waals surface area contributed by atoms with E-state index in [1.807, 2.05) is 0 Å². The van der Waals surface area contributed by atoms with Crippen LogP contribution in [0.15, 0.2) is 30.3 Å². The Hall–Kier alpha value is -1.30. The highest BCUT2D eigenvalue weighted by atomic mass is 14.1. The summed E-state index contributed by atoms with van der Waals surface area (Å²) < 4.78 is 0. The molecule has 0 heterocycles. The van der Waals surface area contributed by atoms with Gasteiger partial charge in [0.05, 0.1) is 0 Å². The predicted molar refractivity (Wildman–Crippen MR) is 59.4 cm³/mol. The highest BCUT2D eigenvalue weighted by Crippen LogP contribution is 2.25. The van der Waals surface area contributed by atoms with Gasteiger partial charge in [-0.2, -0.15) is 0 Å². The van der Waals surface area contributed by atoms with Crippen LogP contribution in [0.25, 0.3) is 10.8 Å². The Balaban J connectivity index is 2.27. The molecule has 69 valence electrons. The van der Waals surface area contributed by atoms with Crippen LogP contribution in [0, 0.1) is 6.07 Å². The van der Waals surface area contributed by atoms with Gasteiger partial charge < -0.3 is 0 Å². The summed E-state index contributed by atoms with van der Waals surface area (Å²) in [5.74, 6) is 0. The molecule has 0 aliphatic heterocycles. The summed E-state index contributed by atoms with van der Waals surface area (Å²) in [5.41, 5.74) is 2.98. The van der Waals surface area contributed by atoms with Crippen molar-refractivity contribution in [2.24, 2.45) is 0 Å². The minimum absolute atomic E-state index is 1.22. The lowest BCUT2D eigenvalue weighted by Crippen LogP contribution is -2.02. The van der Waals surface area contributed by atoms with Gasteiger partial charge in [0.2, 0.25) is 0 Å². The van der Waals surface area contributed by atoms with Gasteiger partial charge in [-0.3, -0.25) is 0 Å². The third-order valence-electron chi connectivity index (χ3n) is 3.09. The van der Waals surface area contributed by atoms with Crippen molar-refractivity contribution in [1.82, 2.24) is 0 Å². The minimum atomic E-state index is 1.22. The van der Waals surface area contributed by atoms with Crippen LogP contribution in [-0.4, -0.2) is 0 Å². The molecule has 0 heteroatoms. The van der Waals surface area contributed by atoms with Crippen LogP contribution < -0.4 is 0 Å². The first-order valence-corrected chi connectivity index (χ1v) is 5.36. The normalized spacial score (nSPS) is 15.4. The second kappa shape index (κ2) is 3.13. The van der Waals surface area contributed by atoms with Crippen molar-refractivity contribution < 1.29 is 0 Å². The average molecular weight is 181 g/mol. The first-order chi connectivity index (χ1) is 6.93. The van der Waals surface area contributed by atoms with Gasteiger partial charge in [-0.05, 0) is 53.6 Å². The zero-order valence-corrected chi connectivity index (χ0v) is 8.22. The summed E-state index contributed by atoms with van der Waals surface area (Å²) >= 11 is 0. The van der Waals surface area contributed by atoms with Gasteiger partial charge >= 0.3 is 0 Å². The summed E-state index contributed by atoms with van der Waals surface area (Å²) in [6.45, 7) is 0. The van der Waals surface area contributed by atoms with Gasteiger partial charge in [0.1, 0.15) is 0 Å². The zero-order valence-electron chi connectivity index (χ0n) is 8.22. The van der Waals surface area contributed by atoms with E-state index >= 15 is 0 Å². The Bertz CT molecular complexity index is 424. The summed E-state index contributed by atoms with van der Waals surface area (Å²) in [5, 5.41) is 2.61. The second-order valence-corrected chi connectivity index (χ2v) is 4.07.